The Morgan fingerprint density at radius 2 is 2.15 bits per heavy atom. The van der Waals surface area contributed by atoms with Crippen molar-refractivity contribution < 1.29 is 19.2 Å². The van der Waals surface area contributed by atoms with Crippen LogP contribution in [0.25, 0.3) is 0 Å². The Labute approximate surface area is 151 Å². The zero-order valence-corrected chi connectivity index (χ0v) is 14.6. The number of nitrogens with one attached hydrogen (secondary N) is 1. The molecule has 2 fully saturated rings. The molecule has 0 saturated heterocycles. The average molecular weight is 361 g/mol. The highest BCUT2D eigenvalue weighted by molar-refractivity contribution is 5.96. The van der Waals surface area contributed by atoms with E-state index in [1.54, 1.807) is 0 Å². The molecule has 8 heteroatoms. The number of nitrogen functional groups attached to an aromatic ring is 1. The summed E-state index contributed by atoms with van der Waals surface area (Å²) in [5.74, 6) is 0.859. The van der Waals surface area contributed by atoms with Gasteiger partial charge in [-0.25, -0.2) is 4.79 Å². The predicted octanol–water partition coefficient (Wildman–Crippen LogP) is 2.27. The van der Waals surface area contributed by atoms with Crippen LogP contribution in [0.2, 0.25) is 0 Å². The zero-order chi connectivity index (χ0) is 18.8. The Hall–Kier alpha value is -2.64. The standard InChI is InChI=1S/C18H23N3O5/c1-10(15-7-11-2-3-12(15)6-11)20-17(22)9-26-18(23)14-5-4-13(21(24)25)8-16(14)19/h4-5,8,10-12,15H,2-3,6-7,9,19H2,1H3,(H,20,22). The number of carbonyl (C=O) groups excluding carboxylic acids is 2. The fraction of sp³-hybridized carbons (Fsp3) is 0.556. The molecule has 4 unspecified atom stereocenters. The molecule has 1 aromatic rings. The summed E-state index contributed by atoms with van der Waals surface area (Å²) in [4.78, 5) is 34.2. The van der Waals surface area contributed by atoms with Gasteiger partial charge in [-0.05, 0) is 50.0 Å². The number of nitro benzene ring substituents is 1. The molecule has 0 spiro atoms. The maximum absolute atomic E-state index is 12.1. The van der Waals surface area contributed by atoms with Crippen LogP contribution in [0.3, 0.4) is 0 Å². The van der Waals surface area contributed by atoms with Crippen LogP contribution in [-0.2, 0) is 9.53 Å². The summed E-state index contributed by atoms with van der Waals surface area (Å²) in [6, 6.07) is 3.55. The Balaban J connectivity index is 1.49. The van der Waals surface area contributed by atoms with Crippen molar-refractivity contribution in [3.05, 3.63) is 33.9 Å². The fourth-order valence-electron chi connectivity index (χ4n) is 4.37. The first-order valence-corrected chi connectivity index (χ1v) is 8.85. The highest BCUT2D eigenvalue weighted by Gasteiger charge is 2.42. The first-order chi connectivity index (χ1) is 12.3. The molecule has 0 radical (unpaired) electrons. The van der Waals surface area contributed by atoms with E-state index in [9.17, 15) is 19.7 Å². The van der Waals surface area contributed by atoms with Crippen LogP contribution in [0, 0.1) is 27.9 Å². The second-order valence-electron chi connectivity index (χ2n) is 7.30. The quantitative estimate of drug-likeness (QED) is 0.347. The molecule has 0 aromatic heterocycles. The molecule has 26 heavy (non-hydrogen) atoms. The second kappa shape index (κ2) is 7.31. The van der Waals surface area contributed by atoms with Crippen LogP contribution in [0.5, 0.6) is 0 Å². The summed E-state index contributed by atoms with van der Waals surface area (Å²) in [5, 5.41) is 13.6. The summed E-state index contributed by atoms with van der Waals surface area (Å²) in [5.41, 5.74) is 5.40. The number of nitrogens with two attached hydrogens (primary N) is 1. The Kier molecular flexibility index (Phi) is 5.11. The van der Waals surface area contributed by atoms with Gasteiger partial charge < -0.3 is 15.8 Å². The van der Waals surface area contributed by atoms with E-state index in [0.29, 0.717) is 11.8 Å². The predicted molar refractivity (Wildman–Crippen MR) is 94.3 cm³/mol. The molecule has 3 rings (SSSR count). The van der Waals surface area contributed by atoms with Crippen LogP contribution in [0.4, 0.5) is 11.4 Å². The van der Waals surface area contributed by atoms with E-state index >= 15 is 0 Å². The van der Waals surface area contributed by atoms with Gasteiger partial charge in [-0.2, -0.15) is 0 Å². The third kappa shape index (κ3) is 3.79. The molecule has 2 aliphatic carbocycles. The highest BCUT2D eigenvalue weighted by atomic mass is 16.6. The van der Waals surface area contributed by atoms with Gasteiger partial charge >= 0.3 is 5.97 Å². The molecule has 0 heterocycles. The molecule has 140 valence electrons. The number of non-ortho nitro benzene ring substituents is 1. The number of nitrogens with zero attached hydrogens (tertiary/aromatic N) is 1. The lowest BCUT2D eigenvalue weighted by Crippen LogP contribution is -2.42. The Morgan fingerprint density at radius 3 is 2.73 bits per heavy atom. The molecule has 3 N–H and O–H groups in total. The minimum Gasteiger partial charge on any atom is -0.452 e. The van der Waals surface area contributed by atoms with Crippen molar-refractivity contribution in [2.75, 3.05) is 12.3 Å². The molecule has 1 amide bonds. The topological polar surface area (TPSA) is 125 Å². The number of carbonyl (C=O) groups is 2. The van der Waals surface area contributed by atoms with E-state index in [2.05, 4.69) is 5.32 Å². The smallest absolute Gasteiger partial charge is 0.340 e. The van der Waals surface area contributed by atoms with Crippen LogP contribution < -0.4 is 11.1 Å². The fourth-order valence-corrected chi connectivity index (χ4v) is 4.37. The number of nitro groups is 1. The molecule has 2 saturated carbocycles. The van der Waals surface area contributed by atoms with Crippen molar-refractivity contribution in [3.8, 4) is 0 Å². The van der Waals surface area contributed by atoms with Crippen molar-refractivity contribution in [2.45, 2.75) is 38.6 Å². The molecular weight excluding hydrogens is 338 g/mol. The summed E-state index contributed by atoms with van der Waals surface area (Å²) in [7, 11) is 0. The number of ether oxygens (including phenoxy) is 1. The van der Waals surface area contributed by atoms with Crippen LogP contribution in [0.15, 0.2) is 18.2 Å². The number of anilines is 1. The SMILES string of the molecule is CC(NC(=O)COC(=O)c1ccc([N+](=O)[O-])cc1N)C1CC2CCC1C2. The maximum atomic E-state index is 12.1. The molecule has 2 bridgehead atoms. The minimum atomic E-state index is -0.778. The van der Waals surface area contributed by atoms with Crippen LogP contribution >= 0.6 is 0 Å². The highest BCUT2D eigenvalue weighted by Crippen LogP contribution is 2.49. The van der Waals surface area contributed by atoms with Gasteiger partial charge in [0.05, 0.1) is 16.2 Å². The van der Waals surface area contributed by atoms with Crippen molar-refractivity contribution in [2.24, 2.45) is 17.8 Å². The van der Waals surface area contributed by atoms with Crippen LogP contribution in [0.1, 0.15) is 43.0 Å². The average Bonchev–Trinajstić information content (AvgIpc) is 3.22. The lowest BCUT2D eigenvalue weighted by molar-refractivity contribution is -0.384. The first kappa shape index (κ1) is 18.2. The maximum Gasteiger partial charge on any atom is 0.340 e. The van der Waals surface area contributed by atoms with Gasteiger partial charge in [0.15, 0.2) is 6.61 Å². The lowest BCUT2D eigenvalue weighted by Gasteiger charge is -2.28. The third-order valence-corrected chi connectivity index (χ3v) is 5.62. The normalized spacial score (nSPS) is 24.9. The van der Waals surface area contributed by atoms with Gasteiger partial charge in [0.1, 0.15) is 0 Å². The summed E-state index contributed by atoms with van der Waals surface area (Å²) in [6.07, 6.45) is 4.96. The van der Waals surface area contributed by atoms with Gasteiger partial charge in [-0.15, -0.1) is 0 Å². The minimum absolute atomic E-state index is 0.00421. The summed E-state index contributed by atoms with van der Waals surface area (Å²) in [6.45, 7) is 1.60. The van der Waals surface area contributed by atoms with E-state index in [1.165, 1.54) is 31.4 Å². The van der Waals surface area contributed by atoms with Gasteiger partial charge in [-0.3, -0.25) is 14.9 Å². The molecule has 8 nitrogen and oxygen atoms in total. The van der Waals surface area contributed by atoms with Gasteiger partial charge in [0, 0.05) is 18.2 Å². The van der Waals surface area contributed by atoms with Gasteiger partial charge in [-0.1, -0.05) is 6.42 Å². The van der Waals surface area contributed by atoms with E-state index in [4.69, 9.17) is 10.5 Å². The number of esters is 1. The number of rotatable bonds is 6. The van der Waals surface area contributed by atoms with Crippen molar-refractivity contribution >= 4 is 23.3 Å². The number of amides is 1. The number of benzene rings is 1. The molecular formula is C18H23N3O5. The van der Waals surface area contributed by atoms with E-state index < -0.39 is 17.5 Å². The lowest BCUT2D eigenvalue weighted by atomic mass is 9.84. The number of fused-ring (bicyclic) bond motifs is 2. The number of hydrogen-bond donors (Lipinski definition) is 2. The van der Waals surface area contributed by atoms with Gasteiger partial charge in [0.2, 0.25) is 0 Å². The second-order valence-corrected chi connectivity index (χ2v) is 7.30. The van der Waals surface area contributed by atoms with Crippen molar-refractivity contribution in [1.82, 2.24) is 5.32 Å². The van der Waals surface area contributed by atoms with E-state index in [0.717, 1.165) is 18.4 Å². The van der Waals surface area contributed by atoms with Crippen LogP contribution in [-0.4, -0.2) is 29.4 Å². The van der Waals surface area contributed by atoms with Crippen molar-refractivity contribution in [1.29, 1.82) is 0 Å². The molecule has 4 atom stereocenters. The molecule has 0 aliphatic heterocycles. The van der Waals surface area contributed by atoms with E-state index in [1.807, 2.05) is 6.92 Å². The molecule has 1 aromatic carbocycles. The zero-order valence-electron chi connectivity index (χ0n) is 14.6. The van der Waals surface area contributed by atoms with Crippen molar-refractivity contribution in [3.63, 3.8) is 0 Å². The van der Waals surface area contributed by atoms with Gasteiger partial charge in [0.25, 0.3) is 11.6 Å². The largest absolute Gasteiger partial charge is 0.452 e. The Morgan fingerprint density at radius 1 is 1.38 bits per heavy atom. The van der Waals surface area contributed by atoms with E-state index in [-0.39, 0.29) is 28.9 Å². The summed E-state index contributed by atoms with van der Waals surface area (Å²) < 4.78 is 5.00. The molecule has 2 aliphatic rings. The number of hydrogen-bond acceptors (Lipinski definition) is 6. The monoisotopic (exact) mass is 361 g/mol. The first-order valence-electron chi connectivity index (χ1n) is 8.85. The third-order valence-electron chi connectivity index (χ3n) is 5.62. The Bertz CT molecular complexity index is 736. The summed E-state index contributed by atoms with van der Waals surface area (Å²) >= 11 is 0.